The molecule has 0 radical (unpaired) electrons. The lowest BCUT2D eigenvalue weighted by atomic mass is 9.53. The summed E-state index contributed by atoms with van der Waals surface area (Å²) < 4.78 is 0. The van der Waals surface area contributed by atoms with E-state index in [1.807, 2.05) is 0 Å². The van der Waals surface area contributed by atoms with Gasteiger partial charge in [0.1, 0.15) is 0 Å². The molecule has 2 aliphatic carbocycles. The van der Waals surface area contributed by atoms with Crippen LogP contribution in [0.2, 0.25) is 0 Å². The van der Waals surface area contributed by atoms with Crippen LogP contribution in [-0.4, -0.2) is 11.9 Å². The lowest BCUT2D eigenvalue weighted by Crippen LogP contribution is -2.63. The first-order chi connectivity index (χ1) is 8.45. The maximum Gasteiger partial charge on any atom is 0.207 e. The number of hydrogen-bond acceptors (Lipinski definition) is 1. The molecule has 18 heavy (non-hydrogen) atoms. The Kier molecular flexibility index (Phi) is 3.57. The Labute approximate surface area is 111 Å². The van der Waals surface area contributed by atoms with Crippen LogP contribution in [0, 0.1) is 17.3 Å². The fourth-order valence-corrected chi connectivity index (χ4v) is 4.17. The van der Waals surface area contributed by atoms with E-state index in [1.165, 1.54) is 37.7 Å². The van der Waals surface area contributed by atoms with Crippen molar-refractivity contribution in [1.82, 2.24) is 5.32 Å². The highest BCUT2D eigenvalue weighted by Crippen LogP contribution is 2.54. The van der Waals surface area contributed by atoms with E-state index in [1.54, 1.807) is 0 Å². The van der Waals surface area contributed by atoms with Crippen molar-refractivity contribution in [2.75, 3.05) is 0 Å². The first-order valence-corrected chi connectivity index (χ1v) is 7.38. The van der Waals surface area contributed by atoms with Gasteiger partial charge in [0.15, 0.2) is 0 Å². The second kappa shape index (κ2) is 4.71. The minimum atomic E-state index is -0.106. The van der Waals surface area contributed by atoms with Crippen LogP contribution >= 0.6 is 0 Å². The standard InChI is InChI=1S/C16H27NO/c1-12(2)14-7-9-15(4)8-5-6-13(3)16(15,10-14)17-11-18/h10-13H,5-9H2,1-4H3,(H,17,18). The van der Waals surface area contributed by atoms with Crippen molar-refractivity contribution in [3.8, 4) is 0 Å². The Morgan fingerprint density at radius 2 is 2.17 bits per heavy atom. The van der Waals surface area contributed by atoms with Gasteiger partial charge in [0, 0.05) is 0 Å². The first-order valence-electron chi connectivity index (χ1n) is 7.38. The highest BCUT2D eigenvalue weighted by Gasteiger charge is 2.53. The van der Waals surface area contributed by atoms with Crippen molar-refractivity contribution < 1.29 is 4.79 Å². The summed E-state index contributed by atoms with van der Waals surface area (Å²) in [6.07, 6.45) is 9.49. The smallest absolute Gasteiger partial charge is 0.207 e. The van der Waals surface area contributed by atoms with E-state index in [0.717, 1.165) is 6.41 Å². The fourth-order valence-electron chi connectivity index (χ4n) is 4.17. The van der Waals surface area contributed by atoms with Gasteiger partial charge < -0.3 is 5.32 Å². The van der Waals surface area contributed by atoms with Gasteiger partial charge in [-0.3, -0.25) is 4.79 Å². The quantitative estimate of drug-likeness (QED) is 0.600. The normalized spacial score (nSPS) is 40.1. The fraction of sp³-hybridized carbons (Fsp3) is 0.812. The SMILES string of the molecule is CC(C)C1=CC2(NC=O)C(C)CCCC2(C)CC1. The summed E-state index contributed by atoms with van der Waals surface area (Å²) in [7, 11) is 0. The Hall–Kier alpha value is -0.790. The van der Waals surface area contributed by atoms with Crippen molar-refractivity contribution in [3.63, 3.8) is 0 Å². The highest BCUT2D eigenvalue weighted by atomic mass is 16.1. The third-order valence-corrected chi connectivity index (χ3v) is 5.56. The maximum absolute atomic E-state index is 11.1. The van der Waals surface area contributed by atoms with Gasteiger partial charge in [0.05, 0.1) is 5.54 Å². The molecule has 0 spiro atoms. The number of hydrogen-bond donors (Lipinski definition) is 1. The molecule has 1 saturated carbocycles. The van der Waals surface area contributed by atoms with Crippen molar-refractivity contribution in [2.45, 2.75) is 65.3 Å². The average Bonchev–Trinajstić information content (AvgIpc) is 2.31. The zero-order valence-electron chi connectivity index (χ0n) is 12.3. The third kappa shape index (κ3) is 1.90. The van der Waals surface area contributed by atoms with Gasteiger partial charge in [-0.25, -0.2) is 0 Å². The van der Waals surface area contributed by atoms with Gasteiger partial charge in [0.2, 0.25) is 6.41 Å². The first kappa shape index (κ1) is 13.6. The second-order valence-electron chi connectivity index (χ2n) is 6.86. The van der Waals surface area contributed by atoms with Gasteiger partial charge >= 0.3 is 0 Å². The summed E-state index contributed by atoms with van der Waals surface area (Å²) >= 11 is 0. The lowest BCUT2D eigenvalue weighted by molar-refractivity contribution is -0.114. The van der Waals surface area contributed by atoms with E-state index in [2.05, 4.69) is 39.1 Å². The average molecular weight is 249 g/mol. The van der Waals surface area contributed by atoms with E-state index in [9.17, 15) is 4.79 Å². The molecular formula is C16H27NO. The van der Waals surface area contributed by atoms with Gasteiger partial charge in [-0.05, 0) is 42.9 Å². The van der Waals surface area contributed by atoms with E-state index in [0.29, 0.717) is 11.8 Å². The molecule has 0 aromatic rings. The van der Waals surface area contributed by atoms with Crippen molar-refractivity contribution >= 4 is 6.41 Å². The molecule has 2 heteroatoms. The summed E-state index contributed by atoms with van der Waals surface area (Å²) in [5.74, 6) is 1.13. The van der Waals surface area contributed by atoms with Gasteiger partial charge in [0.25, 0.3) is 0 Å². The predicted octanol–water partition coefficient (Wildman–Crippen LogP) is 3.67. The Morgan fingerprint density at radius 1 is 1.44 bits per heavy atom. The number of carbonyl (C=O) groups is 1. The zero-order chi connectivity index (χ0) is 13.4. The molecule has 0 aromatic carbocycles. The molecule has 2 rings (SSSR count). The molecule has 3 unspecified atom stereocenters. The molecule has 1 amide bonds. The van der Waals surface area contributed by atoms with Crippen LogP contribution in [0.3, 0.4) is 0 Å². The summed E-state index contributed by atoms with van der Waals surface area (Å²) in [5, 5.41) is 3.22. The van der Waals surface area contributed by atoms with Crippen LogP contribution in [0.15, 0.2) is 11.6 Å². The molecule has 0 aliphatic heterocycles. The minimum absolute atomic E-state index is 0.106. The summed E-state index contributed by atoms with van der Waals surface area (Å²) in [4.78, 5) is 11.1. The molecule has 1 fully saturated rings. The minimum Gasteiger partial charge on any atom is -0.349 e. The van der Waals surface area contributed by atoms with Crippen LogP contribution in [0.4, 0.5) is 0 Å². The zero-order valence-corrected chi connectivity index (χ0v) is 12.3. The monoisotopic (exact) mass is 249 g/mol. The number of rotatable bonds is 3. The summed E-state index contributed by atoms with van der Waals surface area (Å²) in [5.41, 5.74) is 1.66. The number of allylic oxidation sites excluding steroid dienone is 1. The van der Waals surface area contributed by atoms with Crippen LogP contribution < -0.4 is 5.32 Å². The Morgan fingerprint density at radius 3 is 2.78 bits per heavy atom. The van der Waals surface area contributed by atoms with Crippen molar-refractivity contribution in [1.29, 1.82) is 0 Å². The van der Waals surface area contributed by atoms with Gasteiger partial charge in [-0.15, -0.1) is 0 Å². The molecule has 1 N–H and O–H groups in total. The van der Waals surface area contributed by atoms with E-state index in [-0.39, 0.29) is 11.0 Å². The van der Waals surface area contributed by atoms with Crippen LogP contribution in [0.25, 0.3) is 0 Å². The number of nitrogens with one attached hydrogen (secondary N) is 1. The maximum atomic E-state index is 11.1. The highest BCUT2D eigenvalue weighted by molar-refractivity contribution is 5.51. The molecule has 3 atom stereocenters. The van der Waals surface area contributed by atoms with Gasteiger partial charge in [-0.2, -0.15) is 0 Å². The van der Waals surface area contributed by atoms with E-state index < -0.39 is 0 Å². The van der Waals surface area contributed by atoms with Crippen LogP contribution in [0.1, 0.15) is 59.8 Å². The number of amides is 1. The molecular weight excluding hydrogens is 222 g/mol. The van der Waals surface area contributed by atoms with E-state index in [4.69, 9.17) is 0 Å². The lowest BCUT2D eigenvalue weighted by Gasteiger charge is -2.57. The second-order valence-corrected chi connectivity index (χ2v) is 6.86. The van der Waals surface area contributed by atoms with Crippen LogP contribution in [0.5, 0.6) is 0 Å². The van der Waals surface area contributed by atoms with Crippen LogP contribution in [-0.2, 0) is 4.79 Å². The van der Waals surface area contributed by atoms with Crippen molar-refractivity contribution in [2.24, 2.45) is 17.3 Å². The molecule has 0 heterocycles. The molecule has 2 nitrogen and oxygen atoms in total. The third-order valence-electron chi connectivity index (χ3n) is 5.56. The predicted molar refractivity (Wildman–Crippen MR) is 75.2 cm³/mol. The molecule has 0 bridgehead atoms. The van der Waals surface area contributed by atoms with Gasteiger partial charge in [-0.1, -0.05) is 45.8 Å². The Bertz CT molecular complexity index is 360. The van der Waals surface area contributed by atoms with Crippen molar-refractivity contribution in [3.05, 3.63) is 11.6 Å². The summed E-state index contributed by atoms with van der Waals surface area (Å²) in [6.45, 7) is 9.19. The molecule has 2 aliphatic rings. The topological polar surface area (TPSA) is 29.1 Å². The Balaban J connectivity index is 2.47. The van der Waals surface area contributed by atoms with E-state index >= 15 is 0 Å². The molecule has 0 aromatic heterocycles. The molecule has 0 saturated heterocycles. The largest absolute Gasteiger partial charge is 0.349 e. The molecule has 102 valence electrons. The summed E-state index contributed by atoms with van der Waals surface area (Å²) in [6, 6.07) is 0. The number of carbonyl (C=O) groups excluding carboxylic acids is 1. The number of fused-ring (bicyclic) bond motifs is 1.